The van der Waals surface area contributed by atoms with Crippen molar-refractivity contribution in [3.05, 3.63) is 29.6 Å². The molecule has 4 heteroatoms. The van der Waals surface area contributed by atoms with Crippen molar-refractivity contribution < 1.29 is 9.90 Å². The largest absolute Gasteiger partial charge is 0.378 e. The second kappa shape index (κ2) is 4.19. The van der Waals surface area contributed by atoms with Gasteiger partial charge in [0.2, 0.25) is 0 Å². The highest BCUT2D eigenvalue weighted by Gasteiger charge is 2.19. The van der Waals surface area contributed by atoms with Gasteiger partial charge in [0.15, 0.2) is 6.10 Å². The van der Waals surface area contributed by atoms with Crippen LogP contribution in [0.15, 0.2) is 18.5 Å². The van der Waals surface area contributed by atoms with Crippen LogP contribution >= 0.6 is 0 Å². The minimum atomic E-state index is -1.11. The topological polar surface area (TPSA) is 53.4 Å². The molecule has 0 spiro atoms. The quantitative estimate of drug-likeness (QED) is 0.746. The Morgan fingerprint density at radius 1 is 1.50 bits per heavy atom. The Morgan fingerprint density at radius 2 is 2.14 bits per heavy atom. The standard InChI is InChI=1S/C10H14N2O2/c1-7-4-8(6-11-5-7)9(13)10(14)12(2)3/h4-6,9,13H,1-3H3. The van der Waals surface area contributed by atoms with Gasteiger partial charge in [0.05, 0.1) is 0 Å². The van der Waals surface area contributed by atoms with Crippen LogP contribution in [-0.4, -0.2) is 35.0 Å². The Hall–Kier alpha value is -1.42. The van der Waals surface area contributed by atoms with Crippen molar-refractivity contribution in [2.45, 2.75) is 13.0 Å². The molecule has 1 amide bonds. The highest BCUT2D eigenvalue weighted by Crippen LogP contribution is 2.14. The molecular formula is C10H14N2O2. The summed E-state index contributed by atoms with van der Waals surface area (Å²) in [5.41, 5.74) is 1.46. The molecule has 4 nitrogen and oxygen atoms in total. The van der Waals surface area contributed by atoms with Crippen LogP contribution in [0, 0.1) is 6.92 Å². The Morgan fingerprint density at radius 3 is 2.64 bits per heavy atom. The minimum absolute atomic E-state index is 0.336. The number of nitrogens with zero attached hydrogens (tertiary/aromatic N) is 2. The fourth-order valence-corrected chi connectivity index (χ4v) is 1.12. The summed E-state index contributed by atoms with van der Waals surface area (Å²) in [6.07, 6.45) is 2.06. The summed E-state index contributed by atoms with van der Waals surface area (Å²) in [4.78, 5) is 16.7. The number of aryl methyl sites for hydroxylation is 1. The SMILES string of the molecule is Cc1cncc(C(O)C(=O)N(C)C)c1. The predicted octanol–water partition coefficient (Wildman–Crippen LogP) is 0.512. The molecule has 1 N–H and O–H groups in total. The van der Waals surface area contributed by atoms with Crippen molar-refractivity contribution in [2.75, 3.05) is 14.1 Å². The zero-order valence-electron chi connectivity index (χ0n) is 8.56. The van der Waals surface area contributed by atoms with Gasteiger partial charge in [0.1, 0.15) is 0 Å². The van der Waals surface area contributed by atoms with Gasteiger partial charge in [-0.15, -0.1) is 0 Å². The lowest BCUT2D eigenvalue weighted by atomic mass is 10.1. The van der Waals surface area contributed by atoms with Crippen LogP contribution in [0.5, 0.6) is 0 Å². The van der Waals surface area contributed by atoms with Gasteiger partial charge in [-0.3, -0.25) is 9.78 Å². The maximum atomic E-state index is 11.4. The molecule has 0 aromatic carbocycles. The van der Waals surface area contributed by atoms with Crippen LogP contribution in [0.1, 0.15) is 17.2 Å². The Kier molecular flexibility index (Phi) is 3.19. The van der Waals surface area contributed by atoms with Gasteiger partial charge >= 0.3 is 0 Å². The van der Waals surface area contributed by atoms with Gasteiger partial charge < -0.3 is 10.0 Å². The van der Waals surface area contributed by atoms with Crippen LogP contribution in [0.2, 0.25) is 0 Å². The number of aromatic nitrogens is 1. The monoisotopic (exact) mass is 194 g/mol. The second-order valence-corrected chi connectivity index (χ2v) is 3.43. The average Bonchev–Trinajstić information content (AvgIpc) is 2.15. The lowest BCUT2D eigenvalue weighted by Crippen LogP contribution is -2.28. The van der Waals surface area contributed by atoms with E-state index in [1.165, 1.54) is 11.1 Å². The van der Waals surface area contributed by atoms with Crippen molar-refractivity contribution >= 4 is 5.91 Å². The zero-order chi connectivity index (χ0) is 10.7. The molecule has 0 aliphatic carbocycles. The number of pyridine rings is 1. The molecule has 0 saturated heterocycles. The summed E-state index contributed by atoms with van der Waals surface area (Å²) >= 11 is 0. The smallest absolute Gasteiger partial charge is 0.255 e. The van der Waals surface area contributed by atoms with Gasteiger partial charge in [-0.2, -0.15) is 0 Å². The van der Waals surface area contributed by atoms with Crippen molar-refractivity contribution in [3.63, 3.8) is 0 Å². The van der Waals surface area contributed by atoms with Gasteiger partial charge in [0, 0.05) is 32.1 Å². The molecule has 1 rings (SSSR count). The lowest BCUT2D eigenvalue weighted by Gasteiger charge is -2.15. The minimum Gasteiger partial charge on any atom is -0.378 e. The number of hydrogen-bond donors (Lipinski definition) is 1. The third-order valence-corrected chi connectivity index (χ3v) is 1.89. The summed E-state index contributed by atoms with van der Waals surface area (Å²) in [5.74, 6) is -0.336. The van der Waals surface area contributed by atoms with E-state index in [2.05, 4.69) is 4.98 Å². The molecule has 0 bridgehead atoms. The lowest BCUT2D eigenvalue weighted by molar-refractivity contribution is -0.137. The van der Waals surface area contributed by atoms with E-state index in [1.807, 2.05) is 6.92 Å². The molecular weight excluding hydrogens is 180 g/mol. The Balaban J connectivity index is 2.89. The number of carbonyl (C=O) groups is 1. The number of likely N-dealkylation sites (N-methyl/N-ethyl adjacent to an activating group) is 1. The first kappa shape index (κ1) is 10.7. The number of aliphatic hydroxyl groups excluding tert-OH is 1. The second-order valence-electron chi connectivity index (χ2n) is 3.43. The van der Waals surface area contributed by atoms with Crippen LogP contribution in [0.3, 0.4) is 0 Å². The first-order valence-corrected chi connectivity index (χ1v) is 4.33. The van der Waals surface area contributed by atoms with E-state index in [0.717, 1.165) is 5.56 Å². The third-order valence-electron chi connectivity index (χ3n) is 1.89. The first-order chi connectivity index (χ1) is 6.52. The molecule has 0 fully saturated rings. The molecule has 1 heterocycles. The average molecular weight is 194 g/mol. The van der Waals surface area contributed by atoms with E-state index >= 15 is 0 Å². The zero-order valence-corrected chi connectivity index (χ0v) is 8.56. The van der Waals surface area contributed by atoms with Crippen molar-refractivity contribution in [2.24, 2.45) is 0 Å². The predicted molar refractivity (Wildman–Crippen MR) is 52.6 cm³/mol. The first-order valence-electron chi connectivity index (χ1n) is 4.33. The maximum absolute atomic E-state index is 11.4. The molecule has 0 saturated carbocycles. The molecule has 1 aromatic rings. The van der Waals surface area contributed by atoms with Gasteiger partial charge in [-0.1, -0.05) is 0 Å². The summed E-state index contributed by atoms with van der Waals surface area (Å²) in [5, 5.41) is 9.65. The fourth-order valence-electron chi connectivity index (χ4n) is 1.12. The number of hydrogen-bond acceptors (Lipinski definition) is 3. The summed E-state index contributed by atoms with van der Waals surface area (Å²) < 4.78 is 0. The molecule has 1 atom stereocenters. The highest BCUT2D eigenvalue weighted by molar-refractivity contribution is 5.81. The van der Waals surface area contributed by atoms with Crippen molar-refractivity contribution in [1.82, 2.24) is 9.88 Å². The van der Waals surface area contributed by atoms with Crippen molar-refractivity contribution in [3.8, 4) is 0 Å². The maximum Gasteiger partial charge on any atom is 0.255 e. The molecule has 14 heavy (non-hydrogen) atoms. The van der Waals surface area contributed by atoms with Crippen LogP contribution in [0.25, 0.3) is 0 Å². The number of rotatable bonds is 2. The van der Waals surface area contributed by atoms with E-state index in [-0.39, 0.29) is 5.91 Å². The molecule has 1 aromatic heterocycles. The van der Waals surface area contributed by atoms with Crippen LogP contribution in [0.4, 0.5) is 0 Å². The Bertz CT molecular complexity index is 337. The van der Waals surface area contributed by atoms with E-state index in [1.54, 1.807) is 26.4 Å². The van der Waals surface area contributed by atoms with E-state index in [0.29, 0.717) is 5.56 Å². The number of amides is 1. The summed E-state index contributed by atoms with van der Waals surface area (Å²) in [6.45, 7) is 1.86. The normalized spacial score (nSPS) is 12.3. The van der Waals surface area contributed by atoms with Crippen LogP contribution < -0.4 is 0 Å². The number of carbonyl (C=O) groups excluding carboxylic acids is 1. The van der Waals surface area contributed by atoms with Gasteiger partial charge in [-0.05, 0) is 18.6 Å². The summed E-state index contributed by atoms with van der Waals surface area (Å²) in [7, 11) is 3.21. The van der Waals surface area contributed by atoms with E-state index in [4.69, 9.17) is 0 Å². The molecule has 0 radical (unpaired) electrons. The van der Waals surface area contributed by atoms with Crippen molar-refractivity contribution in [1.29, 1.82) is 0 Å². The molecule has 0 aliphatic heterocycles. The van der Waals surface area contributed by atoms with Gasteiger partial charge in [0.25, 0.3) is 5.91 Å². The number of aliphatic hydroxyl groups is 1. The molecule has 1 unspecified atom stereocenters. The van der Waals surface area contributed by atoms with E-state index in [9.17, 15) is 9.90 Å². The fraction of sp³-hybridized carbons (Fsp3) is 0.400. The highest BCUT2D eigenvalue weighted by atomic mass is 16.3. The summed E-state index contributed by atoms with van der Waals surface area (Å²) in [6, 6.07) is 1.75. The molecule has 76 valence electrons. The van der Waals surface area contributed by atoms with E-state index < -0.39 is 6.10 Å². The van der Waals surface area contributed by atoms with Gasteiger partial charge in [-0.25, -0.2) is 0 Å². The Labute approximate surface area is 83.2 Å². The molecule has 0 aliphatic rings. The third kappa shape index (κ3) is 2.29. The van der Waals surface area contributed by atoms with Crippen LogP contribution in [-0.2, 0) is 4.79 Å².